The summed E-state index contributed by atoms with van der Waals surface area (Å²) in [6, 6.07) is 4.79. The average molecular weight is 332 g/mol. The summed E-state index contributed by atoms with van der Waals surface area (Å²) in [6.07, 6.45) is 0. The molecule has 9 heteroatoms. The summed E-state index contributed by atoms with van der Waals surface area (Å²) in [6.45, 7) is 3.88. The van der Waals surface area contributed by atoms with Gasteiger partial charge in [0.1, 0.15) is 0 Å². The molecule has 0 radical (unpaired) electrons. The van der Waals surface area contributed by atoms with Crippen molar-refractivity contribution >= 4 is 26.5 Å². The van der Waals surface area contributed by atoms with E-state index in [1.165, 1.54) is 28.6 Å². The Labute approximate surface area is 125 Å². The molecular weight excluding hydrogens is 316 g/mol. The van der Waals surface area contributed by atoms with Crippen molar-refractivity contribution in [2.75, 3.05) is 18.8 Å². The van der Waals surface area contributed by atoms with Crippen LogP contribution in [0.3, 0.4) is 0 Å². The first-order valence-electron chi connectivity index (χ1n) is 6.28. The summed E-state index contributed by atoms with van der Waals surface area (Å²) in [5.41, 5.74) is -0.158. The van der Waals surface area contributed by atoms with Crippen LogP contribution in [0, 0.1) is 10.1 Å². The molecule has 7 nitrogen and oxygen atoms in total. The SMILES string of the molecule is CC1(C)CN(S(=O)(=O)c2ccc([N+](=O)[O-])cc2)CC[S@@]1=O. The summed E-state index contributed by atoms with van der Waals surface area (Å²) in [7, 11) is -4.79. The van der Waals surface area contributed by atoms with Gasteiger partial charge in [-0.1, -0.05) is 0 Å². The lowest BCUT2D eigenvalue weighted by atomic mass is 10.2. The number of nitro benzene ring substituents is 1. The van der Waals surface area contributed by atoms with Crippen molar-refractivity contribution in [2.45, 2.75) is 23.5 Å². The zero-order valence-corrected chi connectivity index (χ0v) is 13.3. The number of sulfonamides is 1. The minimum Gasteiger partial charge on any atom is -0.259 e. The quantitative estimate of drug-likeness (QED) is 0.610. The highest BCUT2D eigenvalue weighted by atomic mass is 32.2. The van der Waals surface area contributed by atoms with E-state index in [1.54, 1.807) is 13.8 Å². The Morgan fingerprint density at radius 3 is 2.33 bits per heavy atom. The van der Waals surface area contributed by atoms with E-state index in [1.807, 2.05) is 0 Å². The number of hydrogen-bond acceptors (Lipinski definition) is 5. The molecule has 0 N–H and O–H groups in total. The van der Waals surface area contributed by atoms with Crippen LogP contribution < -0.4 is 0 Å². The van der Waals surface area contributed by atoms with E-state index in [0.717, 1.165) is 0 Å². The Balaban J connectivity index is 2.30. The normalized spacial score (nSPS) is 22.9. The van der Waals surface area contributed by atoms with Gasteiger partial charge in [0.15, 0.2) is 0 Å². The summed E-state index contributed by atoms with van der Waals surface area (Å²) < 4.78 is 37.6. The van der Waals surface area contributed by atoms with Crippen molar-refractivity contribution < 1.29 is 17.6 Å². The average Bonchev–Trinajstić information content (AvgIpc) is 2.41. The smallest absolute Gasteiger partial charge is 0.259 e. The molecule has 0 aliphatic carbocycles. The standard InChI is InChI=1S/C12H16N2O5S2/c1-12(2)9-13(7-8-20(12)17)21(18,19)11-5-3-10(4-6-11)14(15)16/h3-6H,7-9H2,1-2H3/t20-/m0/s1. The van der Waals surface area contributed by atoms with Crippen molar-refractivity contribution in [3.05, 3.63) is 34.4 Å². The van der Waals surface area contributed by atoms with Crippen molar-refractivity contribution in [3.63, 3.8) is 0 Å². The van der Waals surface area contributed by atoms with Crippen molar-refractivity contribution in [3.8, 4) is 0 Å². The zero-order chi connectivity index (χ0) is 15.8. The van der Waals surface area contributed by atoms with Crippen molar-refractivity contribution in [1.29, 1.82) is 0 Å². The predicted molar refractivity (Wildman–Crippen MR) is 78.9 cm³/mol. The predicted octanol–water partition coefficient (Wildman–Crippen LogP) is 1.13. The molecule has 2 rings (SSSR count). The summed E-state index contributed by atoms with van der Waals surface area (Å²) in [5.74, 6) is 0.291. The number of nitro groups is 1. The third kappa shape index (κ3) is 3.14. The van der Waals surface area contributed by atoms with E-state index < -0.39 is 30.5 Å². The Hall–Kier alpha value is -1.32. The molecule has 1 aliphatic rings. The molecular formula is C12H16N2O5S2. The highest BCUT2D eigenvalue weighted by Gasteiger charge is 2.38. The summed E-state index contributed by atoms with van der Waals surface area (Å²) in [4.78, 5) is 10.0. The molecule has 1 heterocycles. The number of non-ortho nitro benzene ring substituents is 1. The lowest BCUT2D eigenvalue weighted by molar-refractivity contribution is -0.384. The second kappa shape index (κ2) is 5.47. The Morgan fingerprint density at radius 2 is 1.86 bits per heavy atom. The maximum atomic E-state index is 12.5. The first-order chi connectivity index (χ1) is 9.64. The lowest BCUT2D eigenvalue weighted by Gasteiger charge is -2.36. The van der Waals surface area contributed by atoms with Crippen LogP contribution in [0.15, 0.2) is 29.2 Å². The first kappa shape index (κ1) is 16.1. The summed E-state index contributed by atoms with van der Waals surface area (Å²) >= 11 is 0. The van der Waals surface area contributed by atoms with Gasteiger partial charge in [0.25, 0.3) is 5.69 Å². The molecule has 1 aliphatic heterocycles. The maximum absolute atomic E-state index is 12.5. The fourth-order valence-electron chi connectivity index (χ4n) is 2.13. The molecule has 0 bridgehead atoms. The molecule has 0 unspecified atom stereocenters. The van der Waals surface area contributed by atoms with Crippen LogP contribution in [0.25, 0.3) is 0 Å². The van der Waals surface area contributed by atoms with Crippen LogP contribution in [0.5, 0.6) is 0 Å². The van der Waals surface area contributed by atoms with Gasteiger partial charge in [-0.3, -0.25) is 14.3 Å². The van der Waals surface area contributed by atoms with Gasteiger partial charge >= 0.3 is 0 Å². The highest BCUT2D eigenvalue weighted by Crippen LogP contribution is 2.26. The van der Waals surface area contributed by atoms with Gasteiger partial charge in [-0.05, 0) is 26.0 Å². The monoisotopic (exact) mass is 332 g/mol. The van der Waals surface area contributed by atoms with Crippen LogP contribution in [0.4, 0.5) is 5.69 Å². The van der Waals surface area contributed by atoms with Gasteiger partial charge < -0.3 is 0 Å². The number of nitrogens with zero attached hydrogens (tertiary/aromatic N) is 2. The molecule has 0 aromatic heterocycles. The zero-order valence-electron chi connectivity index (χ0n) is 11.7. The van der Waals surface area contributed by atoms with Crippen LogP contribution in [-0.2, 0) is 20.8 Å². The molecule has 1 atom stereocenters. The Morgan fingerprint density at radius 1 is 1.29 bits per heavy atom. The molecule has 1 aromatic rings. The van der Waals surface area contributed by atoms with Gasteiger partial charge in [0.05, 0.1) is 14.6 Å². The van der Waals surface area contributed by atoms with E-state index in [2.05, 4.69) is 0 Å². The van der Waals surface area contributed by atoms with Gasteiger partial charge in [0.2, 0.25) is 10.0 Å². The lowest BCUT2D eigenvalue weighted by Crippen LogP contribution is -2.51. The minimum atomic E-state index is -3.72. The highest BCUT2D eigenvalue weighted by molar-refractivity contribution is 7.89. The second-order valence-corrected chi connectivity index (χ2v) is 9.54. The maximum Gasteiger partial charge on any atom is 0.269 e. The van der Waals surface area contributed by atoms with Crippen LogP contribution in [0.1, 0.15) is 13.8 Å². The second-order valence-electron chi connectivity index (χ2n) is 5.40. The first-order valence-corrected chi connectivity index (χ1v) is 9.03. The Bertz CT molecular complexity index is 682. The topological polar surface area (TPSA) is 97.6 Å². The summed E-state index contributed by atoms with van der Waals surface area (Å²) in [5, 5.41) is 10.6. The minimum absolute atomic E-state index is 0.0107. The molecule has 116 valence electrons. The number of benzene rings is 1. The van der Waals surface area contributed by atoms with Gasteiger partial charge in [-0.2, -0.15) is 4.31 Å². The van der Waals surface area contributed by atoms with E-state index >= 15 is 0 Å². The van der Waals surface area contributed by atoms with Crippen LogP contribution in [-0.4, -0.2) is 45.4 Å². The molecule has 1 aromatic carbocycles. The van der Waals surface area contributed by atoms with E-state index in [0.29, 0.717) is 5.75 Å². The van der Waals surface area contributed by atoms with Crippen LogP contribution in [0.2, 0.25) is 0 Å². The fourth-order valence-corrected chi connectivity index (χ4v) is 5.17. The van der Waals surface area contributed by atoms with Gasteiger partial charge in [-0.15, -0.1) is 0 Å². The third-order valence-corrected chi connectivity index (χ3v) is 7.16. The van der Waals surface area contributed by atoms with Gasteiger partial charge in [0, 0.05) is 41.8 Å². The molecule has 21 heavy (non-hydrogen) atoms. The number of rotatable bonds is 3. The Kier molecular flexibility index (Phi) is 4.18. The number of hydrogen-bond donors (Lipinski definition) is 0. The van der Waals surface area contributed by atoms with E-state index in [-0.39, 0.29) is 23.7 Å². The third-order valence-electron chi connectivity index (χ3n) is 3.38. The molecule has 0 amide bonds. The molecule has 1 fully saturated rings. The van der Waals surface area contributed by atoms with Crippen molar-refractivity contribution in [2.24, 2.45) is 0 Å². The van der Waals surface area contributed by atoms with Crippen molar-refractivity contribution in [1.82, 2.24) is 4.31 Å². The molecule has 0 saturated carbocycles. The molecule has 1 saturated heterocycles. The van der Waals surface area contributed by atoms with Crippen LogP contribution >= 0.6 is 0 Å². The molecule has 0 spiro atoms. The van der Waals surface area contributed by atoms with Gasteiger partial charge in [-0.25, -0.2) is 8.42 Å². The van der Waals surface area contributed by atoms with E-state index in [9.17, 15) is 22.7 Å². The van der Waals surface area contributed by atoms with E-state index in [4.69, 9.17) is 0 Å². The largest absolute Gasteiger partial charge is 0.269 e. The fraction of sp³-hybridized carbons (Fsp3) is 0.500.